The number of amides is 3. The number of nitrogens with zero attached hydrogens (tertiary/aromatic N) is 2. The van der Waals surface area contributed by atoms with Gasteiger partial charge in [0.25, 0.3) is 0 Å². The van der Waals surface area contributed by atoms with Gasteiger partial charge < -0.3 is 30.0 Å². The normalized spacial score (nSPS) is 11.8. The quantitative estimate of drug-likeness (QED) is 0.230. The van der Waals surface area contributed by atoms with Gasteiger partial charge in [0.05, 0.1) is 25.4 Å². The molecule has 43 heavy (non-hydrogen) atoms. The summed E-state index contributed by atoms with van der Waals surface area (Å²) in [5.41, 5.74) is 2.07. The molecule has 0 aliphatic heterocycles. The average molecular weight is 592 g/mol. The lowest BCUT2D eigenvalue weighted by Gasteiger charge is -2.29. The van der Waals surface area contributed by atoms with Crippen LogP contribution in [-0.4, -0.2) is 70.5 Å². The van der Waals surface area contributed by atoms with Crippen LogP contribution in [0.3, 0.4) is 0 Å². The molecule has 2 aromatic carbocycles. The van der Waals surface area contributed by atoms with E-state index in [1.165, 1.54) is 11.2 Å². The number of esters is 1. The molecule has 3 rings (SSSR count). The fourth-order valence-electron chi connectivity index (χ4n) is 4.30. The molecule has 0 spiro atoms. The molecule has 11 heteroatoms. The fourth-order valence-corrected chi connectivity index (χ4v) is 4.30. The van der Waals surface area contributed by atoms with Crippen molar-refractivity contribution >= 4 is 23.9 Å². The van der Waals surface area contributed by atoms with E-state index in [4.69, 9.17) is 9.47 Å². The molecule has 0 aliphatic rings. The Morgan fingerprint density at radius 2 is 1.67 bits per heavy atom. The molecule has 1 aromatic heterocycles. The highest BCUT2D eigenvalue weighted by molar-refractivity contribution is 5.90. The Labute approximate surface area is 252 Å². The van der Waals surface area contributed by atoms with Crippen LogP contribution in [-0.2, 0) is 42.3 Å². The summed E-state index contributed by atoms with van der Waals surface area (Å²) in [6.07, 6.45) is 1.83. The number of aromatic nitrogens is 2. The van der Waals surface area contributed by atoms with Gasteiger partial charge in [0.2, 0.25) is 11.8 Å². The number of hydrogen-bond acceptors (Lipinski definition) is 7. The van der Waals surface area contributed by atoms with E-state index in [9.17, 15) is 19.2 Å². The lowest BCUT2D eigenvalue weighted by atomic mass is 9.84. The van der Waals surface area contributed by atoms with Crippen molar-refractivity contribution in [3.8, 4) is 0 Å². The highest BCUT2D eigenvalue weighted by Gasteiger charge is 2.30. The van der Waals surface area contributed by atoms with Gasteiger partial charge in [-0.1, -0.05) is 74.5 Å². The minimum Gasteiger partial charge on any atom is -0.463 e. The molecule has 230 valence electrons. The Balaban J connectivity index is 1.73. The minimum atomic E-state index is -1.10. The van der Waals surface area contributed by atoms with Gasteiger partial charge in [-0.15, -0.1) is 0 Å². The standard InChI is InChI=1S/C32H41N5O6/c1-23(2)43-29(39)15-16-37(19-28(38)34-21-32(3,4)25-13-9-6-10-14-25)30(40)27(17-26-18-33-22-35-26)36-31(41)42-20-24-11-7-5-8-12-24/h5-14,18,22-23,27H,15-17,19-21H2,1-4H3,(H,33,35)(H,34,38)(H,36,41). The van der Waals surface area contributed by atoms with Crippen LogP contribution in [0.25, 0.3) is 0 Å². The SMILES string of the molecule is CC(C)OC(=O)CCN(CC(=O)NCC(C)(C)c1ccccc1)C(=O)C(Cc1cnc[nH]1)NC(=O)OCc1ccccc1. The Morgan fingerprint density at radius 3 is 2.30 bits per heavy atom. The van der Waals surface area contributed by atoms with Gasteiger partial charge in [0, 0.05) is 36.8 Å². The first-order chi connectivity index (χ1) is 20.5. The van der Waals surface area contributed by atoms with E-state index in [0.717, 1.165) is 11.1 Å². The van der Waals surface area contributed by atoms with Crippen molar-refractivity contribution in [1.29, 1.82) is 0 Å². The van der Waals surface area contributed by atoms with Crippen molar-refractivity contribution in [2.24, 2.45) is 0 Å². The summed E-state index contributed by atoms with van der Waals surface area (Å²) in [7, 11) is 0. The van der Waals surface area contributed by atoms with Gasteiger partial charge in [-0.05, 0) is 25.0 Å². The van der Waals surface area contributed by atoms with Crippen LogP contribution in [0.5, 0.6) is 0 Å². The smallest absolute Gasteiger partial charge is 0.408 e. The Morgan fingerprint density at radius 1 is 1.00 bits per heavy atom. The van der Waals surface area contributed by atoms with E-state index < -0.39 is 29.9 Å². The number of imidazole rings is 1. The second kappa shape index (κ2) is 16.1. The van der Waals surface area contributed by atoms with E-state index in [-0.39, 0.29) is 44.1 Å². The third-order valence-electron chi connectivity index (χ3n) is 6.66. The largest absolute Gasteiger partial charge is 0.463 e. The zero-order chi connectivity index (χ0) is 31.2. The van der Waals surface area contributed by atoms with Crippen LogP contribution in [0.15, 0.2) is 73.2 Å². The molecule has 0 saturated carbocycles. The number of H-pyrrole nitrogens is 1. The van der Waals surface area contributed by atoms with Gasteiger partial charge in [0.1, 0.15) is 12.6 Å². The lowest BCUT2D eigenvalue weighted by molar-refractivity contribution is -0.149. The van der Waals surface area contributed by atoms with E-state index in [2.05, 4.69) is 20.6 Å². The molecule has 3 amide bonds. The van der Waals surface area contributed by atoms with Crippen LogP contribution in [0, 0.1) is 0 Å². The van der Waals surface area contributed by atoms with Crippen molar-refractivity contribution in [2.45, 2.75) is 64.7 Å². The lowest BCUT2D eigenvalue weighted by Crippen LogP contribution is -2.53. The molecule has 11 nitrogen and oxygen atoms in total. The Bertz CT molecular complexity index is 1310. The van der Waals surface area contributed by atoms with E-state index in [1.54, 1.807) is 20.0 Å². The van der Waals surface area contributed by atoms with E-state index in [1.807, 2.05) is 74.5 Å². The number of alkyl carbamates (subject to hydrolysis) is 1. The van der Waals surface area contributed by atoms with Gasteiger partial charge in [0.15, 0.2) is 0 Å². The summed E-state index contributed by atoms with van der Waals surface area (Å²) >= 11 is 0. The molecular weight excluding hydrogens is 550 g/mol. The van der Waals surface area contributed by atoms with Gasteiger partial charge >= 0.3 is 12.1 Å². The maximum absolute atomic E-state index is 13.9. The summed E-state index contributed by atoms with van der Waals surface area (Å²) < 4.78 is 10.6. The topological polar surface area (TPSA) is 143 Å². The summed E-state index contributed by atoms with van der Waals surface area (Å²) in [5.74, 6) is -1.46. The number of carbonyl (C=O) groups excluding carboxylic acids is 4. The fraction of sp³-hybridized carbons (Fsp3) is 0.406. The average Bonchev–Trinajstić information content (AvgIpc) is 3.50. The molecular formula is C32H41N5O6. The monoisotopic (exact) mass is 591 g/mol. The minimum absolute atomic E-state index is 0.0159. The van der Waals surface area contributed by atoms with Gasteiger partial charge in [-0.25, -0.2) is 9.78 Å². The van der Waals surface area contributed by atoms with Crippen LogP contribution >= 0.6 is 0 Å². The first kappa shape index (κ1) is 32.8. The summed E-state index contributed by atoms with van der Waals surface area (Å²) in [6.45, 7) is 7.43. The number of rotatable bonds is 15. The number of hydrogen-bond donors (Lipinski definition) is 3. The Hall–Kier alpha value is -4.67. The summed E-state index contributed by atoms with van der Waals surface area (Å²) in [5, 5.41) is 5.54. The maximum atomic E-state index is 13.9. The van der Waals surface area contributed by atoms with Crippen LogP contribution in [0.2, 0.25) is 0 Å². The van der Waals surface area contributed by atoms with E-state index in [0.29, 0.717) is 12.2 Å². The molecule has 3 aromatic rings. The third kappa shape index (κ3) is 11.3. The molecule has 1 atom stereocenters. The number of aromatic amines is 1. The van der Waals surface area contributed by atoms with E-state index >= 15 is 0 Å². The first-order valence-electron chi connectivity index (χ1n) is 14.3. The van der Waals surface area contributed by atoms with Crippen LogP contribution in [0.1, 0.15) is 50.9 Å². The van der Waals surface area contributed by atoms with Crippen molar-refractivity contribution in [3.05, 3.63) is 90.0 Å². The molecule has 1 unspecified atom stereocenters. The molecule has 0 fully saturated rings. The second-order valence-electron chi connectivity index (χ2n) is 11.1. The van der Waals surface area contributed by atoms with Crippen molar-refractivity contribution in [2.75, 3.05) is 19.6 Å². The predicted octanol–water partition coefficient (Wildman–Crippen LogP) is 3.51. The van der Waals surface area contributed by atoms with Crippen LogP contribution in [0.4, 0.5) is 4.79 Å². The van der Waals surface area contributed by atoms with Gasteiger partial charge in [-0.3, -0.25) is 14.4 Å². The number of nitrogens with one attached hydrogen (secondary N) is 3. The molecule has 0 radical (unpaired) electrons. The molecule has 1 heterocycles. The van der Waals surface area contributed by atoms with Crippen molar-refractivity contribution in [3.63, 3.8) is 0 Å². The summed E-state index contributed by atoms with van der Waals surface area (Å²) in [6, 6.07) is 17.8. The van der Waals surface area contributed by atoms with Crippen LogP contribution < -0.4 is 10.6 Å². The molecule has 0 bridgehead atoms. The van der Waals surface area contributed by atoms with Crippen molar-refractivity contribution < 1.29 is 28.7 Å². The number of carbonyl (C=O) groups is 4. The zero-order valence-corrected chi connectivity index (χ0v) is 25.2. The highest BCUT2D eigenvalue weighted by Crippen LogP contribution is 2.21. The maximum Gasteiger partial charge on any atom is 0.408 e. The number of ether oxygens (including phenoxy) is 2. The van der Waals surface area contributed by atoms with Crippen molar-refractivity contribution in [1.82, 2.24) is 25.5 Å². The third-order valence-corrected chi connectivity index (χ3v) is 6.66. The zero-order valence-electron chi connectivity index (χ0n) is 25.2. The first-order valence-corrected chi connectivity index (χ1v) is 14.3. The second-order valence-corrected chi connectivity index (χ2v) is 11.1. The van der Waals surface area contributed by atoms with Gasteiger partial charge in [-0.2, -0.15) is 0 Å². The molecule has 0 aliphatic carbocycles. The molecule has 3 N–H and O–H groups in total. The highest BCUT2D eigenvalue weighted by atomic mass is 16.5. The summed E-state index contributed by atoms with van der Waals surface area (Å²) in [4.78, 5) is 60.3. The number of benzene rings is 2. The predicted molar refractivity (Wildman–Crippen MR) is 161 cm³/mol. The molecule has 0 saturated heterocycles. The Kier molecular flexibility index (Phi) is 12.3.